The van der Waals surface area contributed by atoms with E-state index in [0.717, 1.165) is 40.7 Å². The number of ether oxygens (including phenoxy) is 1. The van der Waals surface area contributed by atoms with Crippen molar-refractivity contribution in [3.05, 3.63) is 35.0 Å². The molecular weight excluding hydrogens is 264 g/mol. The van der Waals surface area contributed by atoms with Gasteiger partial charge in [0.1, 0.15) is 5.56 Å². The van der Waals surface area contributed by atoms with E-state index < -0.39 is 0 Å². The zero-order valence-corrected chi connectivity index (χ0v) is 13.1. The largest absolute Gasteiger partial charge is 0.462 e. The van der Waals surface area contributed by atoms with Gasteiger partial charge in [0.2, 0.25) is 0 Å². The Hall–Kier alpha value is -2.10. The molecule has 0 aliphatic carbocycles. The number of pyridine rings is 1. The van der Waals surface area contributed by atoms with Crippen LogP contribution >= 0.6 is 0 Å². The van der Waals surface area contributed by atoms with Gasteiger partial charge < -0.3 is 10.1 Å². The highest BCUT2D eigenvalue weighted by molar-refractivity contribution is 6.05. The number of anilines is 1. The smallest absolute Gasteiger partial charge is 0.341 e. The number of nitrogens with zero attached hydrogens (tertiary/aromatic N) is 1. The van der Waals surface area contributed by atoms with E-state index in [1.54, 1.807) is 13.1 Å². The van der Waals surface area contributed by atoms with Crippen LogP contribution in [-0.2, 0) is 4.74 Å². The van der Waals surface area contributed by atoms with Crippen LogP contribution in [0.25, 0.3) is 10.9 Å². The summed E-state index contributed by atoms with van der Waals surface area (Å²) in [5.74, 6) is -0.329. The Morgan fingerprint density at radius 2 is 2.05 bits per heavy atom. The Morgan fingerprint density at radius 1 is 1.29 bits per heavy atom. The van der Waals surface area contributed by atoms with Crippen molar-refractivity contribution >= 4 is 22.6 Å². The lowest BCUT2D eigenvalue weighted by molar-refractivity contribution is 0.0527. The van der Waals surface area contributed by atoms with Gasteiger partial charge in [-0.2, -0.15) is 0 Å². The molecule has 4 nitrogen and oxygen atoms in total. The summed E-state index contributed by atoms with van der Waals surface area (Å²) < 4.78 is 5.14. The number of hydrogen-bond acceptors (Lipinski definition) is 4. The van der Waals surface area contributed by atoms with Crippen molar-refractivity contribution in [2.75, 3.05) is 18.5 Å². The van der Waals surface area contributed by atoms with E-state index >= 15 is 0 Å². The molecule has 0 aliphatic heterocycles. The summed E-state index contributed by atoms with van der Waals surface area (Å²) in [4.78, 5) is 16.6. The Kier molecular flexibility index (Phi) is 4.78. The van der Waals surface area contributed by atoms with Gasteiger partial charge in [0.25, 0.3) is 0 Å². The zero-order valence-electron chi connectivity index (χ0n) is 13.1. The maximum absolute atomic E-state index is 12.1. The van der Waals surface area contributed by atoms with Crippen molar-refractivity contribution in [1.82, 2.24) is 4.98 Å². The highest BCUT2D eigenvalue weighted by Crippen LogP contribution is 2.29. The number of aryl methyl sites for hydroxylation is 2. The van der Waals surface area contributed by atoms with Gasteiger partial charge in [-0.05, 0) is 38.8 Å². The Labute approximate surface area is 125 Å². The van der Waals surface area contributed by atoms with Crippen LogP contribution in [0.2, 0.25) is 0 Å². The van der Waals surface area contributed by atoms with Gasteiger partial charge in [-0.15, -0.1) is 0 Å². The SMILES string of the molecule is CCCNc1c(C(=O)OCC)cnc2c(C)cc(C)cc12. The van der Waals surface area contributed by atoms with Crippen LogP contribution in [0, 0.1) is 13.8 Å². The van der Waals surface area contributed by atoms with E-state index in [4.69, 9.17) is 4.74 Å². The van der Waals surface area contributed by atoms with Crippen molar-refractivity contribution in [3.63, 3.8) is 0 Å². The molecule has 0 saturated heterocycles. The summed E-state index contributed by atoms with van der Waals surface area (Å²) in [6, 6.07) is 4.17. The average molecular weight is 286 g/mol. The van der Waals surface area contributed by atoms with Crippen molar-refractivity contribution in [3.8, 4) is 0 Å². The van der Waals surface area contributed by atoms with Gasteiger partial charge in [0.05, 0.1) is 17.8 Å². The van der Waals surface area contributed by atoms with E-state index in [-0.39, 0.29) is 5.97 Å². The van der Waals surface area contributed by atoms with Gasteiger partial charge in [0.15, 0.2) is 0 Å². The van der Waals surface area contributed by atoms with Gasteiger partial charge in [-0.1, -0.05) is 18.6 Å². The maximum Gasteiger partial charge on any atom is 0.341 e. The number of nitrogens with one attached hydrogen (secondary N) is 1. The minimum Gasteiger partial charge on any atom is -0.462 e. The Morgan fingerprint density at radius 3 is 2.71 bits per heavy atom. The second-order valence-corrected chi connectivity index (χ2v) is 5.17. The summed E-state index contributed by atoms with van der Waals surface area (Å²) in [6.07, 6.45) is 2.59. The van der Waals surface area contributed by atoms with E-state index in [1.807, 2.05) is 13.8 Å². The number of esters is 1. The summed E-state index contributed by atoms with van der Waals surface area (Å²) >= 11 is 0. The third-order valence-corrected chi connectivity index (χ3v) is 3.35. The van der Waals surface area contributed by atoms with E-state index in [9.17, 15) is 4.79 Å². The third-order valence-electron chi connectivity index (χ3n) is 3.35. The lowest BCUT2D eigenvalue weighted by Gasteiger charge is -2.15. The first-order valence-corrected chi connectivity index (χ1v) is 7.39. The normalized spacial score (nSPS) is 10.7. The second kappa shape index (κ2) is 6.57. The molecule has 0 amide bonds. The second-order valence-electron chi connectivity index (χ2n) is 5.17. The third kappa shape index (κ3) is 3.15. The molecule has 0 fully saturated rings. The summed E-state index contributed by atoms with van der Waals surface area (Å²) in [6.45, 7) is 9.15. The monoisotopic (exact) mass is 286 g/mol. The van der Waals surface area contributed by atoms with E-state index in [0.29, 0.717) is 12.2 Å². The minimum atomic E-state index is -0.329. The molecule has 0 saturated carbocycles. The summed E-state index contributed by atoms with van der Waals surface area (Å²) in [7, 11) is 0. The molecule has 0 bridgehead atoms. The molecule has 0 spiro atoms. The Bertz CT molecular complexity index is 665. The van der Waals surface area contributed by atoms with Gasteiger partial charge in [0, 0.05) is 18.1 Å². The number of benzene rings is 1. The lowest BCUT2D eigenvalue weighted by atomic mass is 10.0. The van der Waals surface area contributed by atoms with Crippen LogP contribution in [0.1, 0.15) is 41.8 Å². The van der Waals surface area contributed by atoms with Crippen LogP contribution in [0.5, 0.6) is 0 Å². The van der Waals surface area contributed by atoms with Crippen LogP contribution < -0.4 is 5.32 Å². The fraction of sp³-hybridized carbons (Fsp3) is 0.412. The average Bonchev–Trinajstić information content (AvgIpc) is 2.44. The molecule has 1 aromatic carbocycles. The lowest BCUT2D eigenvalue weighted by Crippen LogP contribution is -2.12. The molecule has 2 rings (SSSR count). The molecule has 21 heavy (non-hydrogen) atoms. The summed E-state index contributed by atoms with van der Waals surface area (Å²) in [5.41, 5.74) is 4.52. The van der Waals surface area contributed by atoms with Gasteiger partial charge >= 0.3 is 5.97 Å². The molecule has 2 aromatic rings. The molecule has 1 N–H and O–H groups in total. The number of carbonyl (C=O) groups is 1. The molecule has 0 aliphatic rings. The van der Waals surface area contributed by atoms with E-state index in [2.05, 4.69) is 29.4 Å². The maximum atomic E-state index is 12.1. The van der Waals surface area contributed by atoms with Gasteiger partial charge in [-0.25, -0.2) is 4.79 Å². The molecule has 0 atom stereocenters. The van der Waals surface area contributed by atoms with Crippen molar-refractivity contribution in [1.29, 1.82) is 0 Å². The highest BCUT2D eigenvalue weighted by atomic mass is 16.5. The highest BCUT2D eigenvalue weighted by Gasteiger charge is 2.17. The van der Waals surface area contributed by atoms with Crippen LogP contribution in [0.4, 0.5) is 5.69 Å². The fourth-order valence-corrected chi connectivity index (χ4v) is 2.46. The van der Waals surface area contributed by atoms with Crippen molar-refractivity contribution in [2.24, 2.45) is 0 Å². The van der Waals surface area contributed by atoms with Crippen molar-refractivity contribution in [2.45, 2.75) is 34.1 Å². The molecule has 1 aromatic heterocycles. The summed E-state index contributed by atoms with van der Waals surface area (Å²) in [5, 5.41) is 4.34. The predicted molar refractivity (Wildman–Crippen MR) is 86.0 cm³/mol. The fourth-order valence-electron chi connectivity index (χ4n) is 2.46. The van der Waals surface area contributed by atoms with E-state index in [1.165, 1.54) is 0 Å². The minimum absolute atomic E-state index is 0.329. The standard InChI is InChI=1S/C17H22N2O2/c1-5-7-18-16-13-9-11(3)8-12(4)15(13)19-10-14(16)17(20)21-6-2/h8-10H,5-7H2,1-4H3,(H,18,19). The number of rotatable bonds is 5. The van der Waals surface area contributed by atoms with Crippen LogP contribution in [-0.4, -0.2) is 24.1 Å². The zero-order chi connectivity index (χ0) is 15.4. The topological polar surface area (TPSA) is 51.2 Å². The first kappa shape index (κ1) is 15.3. The quantitative estimate of drug-likeness (QED) is 0.848. The van der Waals surface area contributed by atoms with Gasteiger partial charge in [-0.3, -0.25) is 4.98 Å². The van der Waals surface area contributed by atoms with Crippen LogP contribution in [0.15, 0.2) is 18.3 Å². The number of hydrogen-bond donors (Lipinski definition) is 1. The molecule has 4 heteroatoms. The molecule has 0 unspecified atom stereocenters. The molecule has 1 heterocycles. The van der Waals surface area contributed by atoms with Crippen LogP contribution in [0.3, 0.4) is 0 Å². The number of fused-ring (bicyclic) bond motifs is 1. The Balaban J connectivity index is 2.66. The number of aromatic nitrogens is 1. The molecule has 0 radical (unpaired) electrons. The first-order valence-electron chi connectivity index (χ1n) is 7.39. The molecular formula is C17H22N2O2. The predicted octanol–water partition coefficient (Wildman–Crippen LogP) is 3.85. The number of carbonyl (C=O) groups excluding carboxylic acids is 1. The van der Waals surface area contributed by atoms with Crippen molar-refractivity contribution < 1.29 is 9.53 Å². The first-order chi connectivity index (χ1) is 10.1. The molecule has 112 valence electrons.